The number of hydrogen-bond donors (Lipinski definition) is 1. The third-order valence-electron chi connectivity index (χ3n) is 4.44. The molecule has 0 saturated carbocycles. The molecule has 1 aromatic carbocycles. The first-order valence-corrected chi connectivity index (χ1v) is 8.05. The van der Waals surface area contributed by atoms with Crippen molar-refractivity contribution < 1.29 is 19.4 Å². The van der Waals surface area contributed by atoms with E-state index in [1.165, 1.54) is 5.56 Å². The highest BCUT2D eigenvalue weighted by Crippen LogP contribution is 2.25. The average Bonchev–Trinajstić information content (AvgIpc) is 2.76. The standard InChI is InChI=1S/C17H22N2O4/c20-16-10-14(17(21)22)12-19(16)15-4-2-13(3-5-15)11-18-6-1-8-23-9-7-18/h2-5,14H,1,6-12H2,(H,21,22)/t14-/m0/s1. The zero-order chi connectivity index (χ0) is 16.2. The lowest BCUT2D eigenvalue weighted by atomic mass is 10.1. The molecule has 0 aliphatic carbocycles. The summed E-state index contributed by atoms with van der Waals surface area (Å²) in [4.78, 5) is 26.9. The molecule has 0 radical (unpaired) electrons. The molecule has 2 heterocycles. The van der Waals surface area contributed by atoms with E-state index in [0.717, 1.165) is 45.0 Å². The molecule has 2 aliphatic heterocycles. The van der Waals surface area contributed by atoms with E-state index in [4.69, 9.17) is 9.84 Å². The molecular weight excluding hydrogens is 296 g/mol. The van der Waals surface area contributed by atoms with Crippen LogP contribution in [0.5, 0.6) is 0 Å². The minimum atomic E-state index is -0.902. The van der Waals surface area contributed by atoms with Crippen LogP contribution in [0.3, 0.4) is 0 Å². The molecule has 6 heteroatoms. The lowest BCUT2D eigenvalue weighted by Crippen LogP contribution is -2.26. The fourth-order valence-electron chi connectivity index (χ4n) is 3.12. The summed E-state index contributed by atoms with van der Waals surface area (Å²) < 4.78 is 5.46. The SMILES string of the molecule is O=C(O)[C@H]1CC(=O)N(c2ccc(CN3CCCOCC3)cc2)C1. The molecule has 1 aromatic rings. The van der Waals surface area contributed by atoms with Crippen molar-refractivity contribution in [2.75, 3.05) is 37.7 Å². The third kappa shape index (κ3) is 3.89. The highest BCUT2D eigenvalue weighted by Gasteiger charge is 2.34. The van der Waals surface area contributed by atoms with Crippen LogP contribution >= 0.6 is 0 Å². The monoisotopic (exact) mass is 318 g/mol. The molecule has 6 nitrogen and oxygen atoms in total. The van der Waals surface area contributed by atoms with Gasteiger partial charge in [0.1, 0.15) is 0 Å². The predicted octanol–water partition coefficient (Wildman–Crippen LogP) is 1.35. The third-order valence-corrected chi connectivity index (χ3v) is 4.44. The average molecular weight is 318 g/mol. The number of carbonyl (C=O) groups excluding carboxylic acids is 1. The number of ether oxygens (including phenoxy) is 1. The zero-order valence-electron chi connectivity index (χ0n) is 13.1. The molecular formula is C17H22N2O4. The number of nitrogens with zero attached hydrogens (tertiary/aromatic N) is 2. The van der Waals surface area contributed by atoms with Gasteiger partial charge in [0.15, 0.2) is 0 Å². The summed E-state index contributed by atoms with van der Waals surface area (Å²) in [5.74, 6) is -1.62. The number of carbonyl (C=O) groups is 2. The molecule has 124 valence electrons. The number of rotatable bonds is 4. The second-order valence-corrected chi connectivity index (χ2v) is 6.15. The summed E-state index contributed by atoms with van der Waals surface area (Å²) >= 11 is 0. The second kappa shape index (κ2) is 7.10. The number of benzene rings is 1. The van der Waals surface area contributed by atoms with E-state index < -0.39 is 11.9 Å². The summed E-state index contributed by atoms with van der Waals surface area (Å²) in [5.41, 5.74) is 1.97. The maximum atomic E-state index is 12.0. The molecule has 1 amide bonds. The smallest absolute Gasteiger partial charge is 0.308 e. The zero-order valence-corrected chi connectivity index (χ0v) is 13.1. The van der Waals surface area contributed by atoms with Crippen LogP contribution in [0.2, 0.25) is 0 Å². The quantitative estimate of drug-likeness (QED) is 0.907. The second-order valence-electron chi connectivity index (χ2n) is 6.15. The number of aliphatic carboxylic acids is 1. The van der Waals surface area contributed by atoms with Crippen molar-refractivity contribution in [1.29, 1.82) is 0 Å². The Morgan fingerprint density at radius 3 is 2.70 bits per heavy atom. The van der Waals surface area contributed by atoms with Crippen molar-refractivity contribution in [3.63, 3.8) is 0 Å². The van der Waals surface area contributed by atoms with E-state index in [2.05, 4.69) is 4.90 Å². The molecule has 0 bridgehead atoms. The lowest BCUT2D eigenvalue weighted by Gasteiger charge is -2.20. The fourth-order valence-corrected chi connectivity index (χ4v) is 3.12. The Hall–Kier alpha value is -1.92. The van der Waals surface area contributed by atoms with Crippen molar-refractivity contribution in [2.45, 2.75) is 19.4 Å². The van der Waals surface area contributed by atoms with Crippen LogP contribution in [0.25, 0.3) is 0 Å². The molecule has 1 atom stereocenters. The van der Waals surface area contributed by atoms with Gasteiger partial charge in [-0.1, -0.05) is 12.1 Å². The largest absolute Gasteiger partial charge is 0.481 e. The van der Waals surface area contributed by atoms with Crippen molar-refractivity contribution >= 4 is 17.6 Å². The van der Waals surface area contributed by atoms with E-state index in [-0.39, 0.29) is 18.9 Å². The van der Waals surface area contributed by atoms with E-state index >= 15 is 0 Å². The van der Waals surface area contributed by atoms with Crippen molar-refractivity contribution in [3.8, 4) is 0 Å². The number of carboxylic acid groups (broad SMARTS) is 1. The number of amides is 1. The molecule has 3 rings (SSSR count). The predicted molar refractivity (Wildman–Crippen MR) is 85.3 cm³/mol. The van der Waals surface area contributed by atoms with Crippen LogP contribution in [-0.4, -0.2) is 54.7 Å². The van der Waals surface area contributed by atoms with Gasteiger partial charge < -0.3 is 14.7 Å². The summed E-state index contributed by atoms with van der Waals surface area (Å²) in [7, 11) is 0. The van der Waals surface area contributed by atoms with Crippen LogP contribution in [0, 0.1) is 5.92 Å². The van der Waals surface area contributed by atoms with Crippen molar-refractivity contribution in [1.82, 2.24) is 4.90 Å². The normalized spacial score (nSPS) is 23.0. The van der Waals surface area contributed by atoms with E-state index in [1.807, 2.05) is 24.3 Å². The fraction of sp³-hybridized carbons (Fsp3) is 0.529. The van der Waals surface area contributed by atoms with Gasteiger partial charge in [0, 0.05) is 44.9 Å². The Labute approximate surface area is 135 Å². The lowest BCUT2D eigenvalue weighted by molar-refractivity contribution is -0.141. The summed E-state index contributed by atoms with van der Waals surface area (Å²) in [6.45, 7) is 4.71. The van der Waals surface area contributed by atoms with Crippen molar-refractivity contribution in [2.24, 2.45) is 5.92 Å². The Bertz CT molecular complexity index is 564. The molecule has 2 aliphatic rings. The molecule has 1 N–H and O–H groups in total. The first-order chi connectivity index (χ1) is 11.1. The van der Waals surface area contributed by atoms with Gasteiger partial charge in [-0.15, -0.1) is 0 Å². The van der Waals surface area contributed by atoms with Crippen LogP contribution in [-0.2, 0) is 20.9 Å². The maximum absolute atomic E-state index is 12.0. The van der Waals surface area contributed by atoms with Gasteiger partial charge in [-0.25, -0.2) is 0 Å². The summed E-state index contributed by atoms with van der Waals surface area (Å²) in [5, 5.41) is 9.05. The number of anilines is 1. The van der Waals surface area contributed by atoms with Gasteiger partial charge in [-0.3, -0.25) is 14.5 Å². The molecule has 23 heavy (non-hydrogen) atoms. The minimum Gasteiger partial charge on any atom is -0.481 e. The first kappa shape index (κ1) is 16.0. The first-order valence-electron chi connectivity index (χ1n) is 8.05. The van der Waals surface area contributed by atoms with Gasteiger partial charge in [0.05, 0.1) is 12.5 Å². The van der Waals surface area contributed by atoms with Crippen LogP contribution < -0.4 is 4.90 Å². The van der Waals surface area contributed by atoms with Gasteiger partial charge in [0.2, 0.25) is 5.91 Å². The Morgan fingerprint density at radius 2 is 2.00 bits per heavy atom. The highest BCUT2D eigenvalue weighted by atomic mass is 16.5. The molecule has 0 spiro atoms. The van der Waals surface area contributed by atoms with Gasteiger partial charge in [-0.2, -0.15) is 0 Å². The minimum absolute atomic E-state index is 0.0882. The van der Waals surface area contributed by atoms with E-state index in [9.17, 15) is 9.59 Å². The van der Waals surface area contributed by atoms with E-state index in [0.29, 0.717) is 0 Å². The molecule has 0 aromatic heterocycles. The highest BCUT2D eigenvalue weighted by molar-refractivity contribution is 5.99. The Morgan fingerprint density at radius 1 is 1.22 bits per heavy atom. The van der Waals surface area contributed by atoms with Crippen LogP contribution in [0.1, 0.15) is 18.4 Å². The molecule has 2 fully saturated rings. The number of carboxylic acids is 1. The van der Waals surface area contributed by atoms with Gasteiger partial charge in [-0.05, 0) is 24.1 Å². The van der Waals surface area contributed by atoms with Gasteiger partial charge >= 0.3 is 5.97 Å². The van der Waals surface area contributed by atoms with Crippen LogP contribution in [0.15, 0.2) is 24.3 Å². The molecule has 2 saturated heterocycles. The van der Waals surface area contributed by atoms with E-state index in [1.54, 1.807) is 4.90 Å². The number of hydrogen-bond acceptors (Lipinski definition) is 4. The molecule has 0 unspecified atom stereocenters. The van der Waals surface area contributed by atoms with Crippen LogP contribution in [0.4, 0.5) is 5.69 Å². The topological polar surface area (TPSA) is 70.1 Å². The summed E-state index contributed by atoms with van der Waals surface area (Å²) in [6.07, 6.45) is 1.14. The maximum Gasteiger partial charge on any atom is 0.308 e. The van der Waals surface area contributed by atoms with Gasteiger partial charge in [0.25, 0.3) is 0 Å². The van der Waals surface area contributed by atoms with Crippen molar-refractivity contribution in [3.05, 3.63) is 29.8 Å². The summed E-state index contributed by atoms with van der Waals surface area (Å²) in [6, 6.07) is 7.85. The Balaban J connectivity index is 1.63. The Kier molecular flexibility index (Phi) is 4.93.